The van der Waals surface area contributed by atoms with Crippen molar-refractivity contribution >= 4 is 23.4 Å². The van der Waals surface area contributed by atoms with Crippen LogP contribution in [-0.2, 0) is 17.1 Å². The first-order valence-corrected chi connectivity index (χ1v) is 13.1. The number of carbonyl (C=O) groups is 1. The monoisotopic (exact) mass is 495 g/mol. The maximum atomic E-state index is 12.4. The first-order valence-electron chi connectivity index (χ1n) is 12.1. The summed E-state index contributed by atoms with van der Waals surface area (Å²) in [6.07, 6.45) is 7.27. The van der Waals surface area contributed by atoms with Crippen LogP contribution in [0.15, 0.2) is 53.7 Å². The Balaban J connectivity index is 1.70. The van der Waals surface area contributed by atoms with Gasteiger partial charge in [0.2, 0.25) is 5.91 Å². The van der Waals surface area contributed by atoms with Gasteiger partial charge in [-0.2, -0.15) is 0 Å². The van der Waals surface area contributed by atoms with Gasteiger partial charge in [0.15, 0.2) is 11.0 Å². The van der Waals surface area contributed by atoms with E-state index in [2.05, 4.69) is 41.5 Å². The van der Waals surface area contributed by atoms with Crippen LogP contribution in [0.1, 0.15) is 68.8 Å². The zero-order valence-corrected chi connectivity index (χ0v) is 21.2. The number of benzene rings is 2. The van der Waals surface area contributed by atoms with Gasteiger partial charge in [0.25, 0.3) is 5.69 Å². The smallest absolute Gasteiger partial charge is 0.269 e. The minimum absolute atomic E-state index is 0.00662. The molecule has 3 rings (SSSR count). The van der Waals surface area contributed by atoms with Crippen molar-refractivity contribution in [3.05, 3.63) is 75.6 Å². The molecule has 0 aliphatic carbocycles. The molecule has 0 aliphatic heterocycles. The number of amides is 1. The number of unbranched alkanes of at least 4 members (excludes halogenated alkanes) is 5. The Morgan fingerprint density at radius 3 is 2.46 bits per heavy atom. The van der Waals surface area contributed by atoms with Crippen LogP contribution in [0.2, 0.25) is 0 Å². The summed E-state index contributed by atoms with van der Waals surface area (Å²) in [5.41, 5.74) is 3.13. The lowest BCUT2D eigenvalue weighted by molar-refractivity contribution is -0.384. The van der Waals surface area contributed by atoms with Crippen LogP contribution >= 0.6 is 11.8 Å². The predicted octanol–water partition coefficient (Wildman–Crippen LogP) is 6.14. The normalized spacial score (nSPS) is 10.9. The maximum Gasteiger partial charge on any atom is 0.269 e. The third kappa shape index (κ3) is 7.92. The Bertz CT molecular complexity index is 1110. The number of hydrogen-bond donors (Lipinski definition) is 1. The van der Waals surface area contributed by atoms with Gasteiger partial charge in [0, 0.05) is 30.0 Å². The van der Waals surface area contributed by atoms with Gasteiger partial charge in [-0.3, -0.25) is 19.5 Å². The van der Waals surface area contributed by atoms with E-state index in [-0.39, 0.29) is 18.1 Å². The second kappa shape index (κ2) is 13.6. The fraction of sp³-hybridized carbons (Fsp3) is 0.423. The largest absolute Gasteiger partial charge is 0.349 e. The van der Waals surface area contributed by atoms with Crippen molar-refractivity contribution in [1.29, 1.82) is 0 Å². The van der Waals surface area contributed by atoms with E-state index in [4.69, 9.17) is 0 Å². The number of rotatable bonds is 14. The number of nitro benzene ring substituents is 1. The Morgan fingerprint density at radius 1 is 1.03 bits per heavy atom. The number of aryl methyl sites for hydroxylation is 1. The van der Waals surface area contributed by atoms with Gasteiger partial charge >= 0.3 is 0 Å². The maximum absolute atomic E-state index is 12.4. The lowest BCUT2D eigenvalue weighted by Crippen LogP contribution is -2.24. The van der Waals surface area contributed by atoms with Gasteiger partial charge in [-0.15, -0.1) is 10.2 Å². The Kier molecular flexibility index (Phi) is 10.3. The molecule has 0 unspecified atom stereocenters. The molecule has 0 saturated carbocycles. The average molecular weight is 496 g/mol. The van der Waals surface area contributed by atoms with Crippen molar-refractivity contribution in [3.8, 4) is 5.69 Å². The predicted molar refractivity (Wildman–Crippen MR) is 139 cm³/mol. The van der Waals surface area contributed by atoms with Gasteiger partial charge in [-0.05, 0) is 36.6 Å². The molecule has 8 nitrogen and oxygen atoms in total. The Hall–Kier alpha value is -3.20. The third-order valence-electron chi connectivity index (χ3n) is 5.84. The molecule has 0 radical (unpaired) electrons. The first kappa shape index (κ1) is 26.4. The Labute approximate surface area is 210 Å². The highest BCUT2D eigenvalue weighted by Gasteiger charge is 2.17. The number of nitrogens with one attached hydrogen (secondary N) is 1. The number of nitro groups is 1. The summed E-state index contributed by atoms with van der Waals surface area (Å²) >= 11 is 1.54. The van der Waals surface area contributed by atoms with Crippen molar-refractivity contribution in [1.82, 2.24) is 20.1 Å². The van der Waals surface area contributed by atoms with E-state index in [0.29, 0.717) is 28.8 Å². The second-order valence-corrected chi connectivity index (χ2v) is 9.46. The summed E-state index contributed by atoms with van der Waals surface area (Å²) < 4.78 is 1.86. The quantitative estimate of drug-likeness (QED) is 0.125. The van der Waals surface area contributed by atoms with E-state index < -0.39 is 4.92 Å². The standard InChI is InChI=1S/C26H33N5O3S/c1-3-4-5-6-7-8-13-25(32)27-18-24-28-29-26(35-19-21-12-10-9-11-20(21)2)30(24)22-14-16-23(17-15-22)31(33)34/h9-12,14-17H,3-8,13,18-19H2,1-2H3,(H,27,32). The van der Waals surface area contributed by atoms with Crippen LogP contribution in [0.25, 0.3) is 5.69 Å². The lowest BCUT2D eigenvalue weighted by atomic mass is 10.1. The molecule has 1 N–H and O–H groups in total. The molecule has 1 aromatic heterocycles. The highest BCUT2D eigenvalue weighted by molar-refractivity contribution is 7.98. The summed E-state index contributed by atoms with van der Waals surface area (Å²) in [6.45, 7) is 4.50. The molecular weight excluding hydrogens is 462 g/mol. The minimum Gasteiger partial charge on any atom is -0.349 e. The first-order chi connectivity index (χ1) is 17.0. The number of nitrogens with zero attached hydrogens (tertiary/aromatic N) is 4. The van der Waals surface area contributed by atoms with Crippen molar-refractivity contribution in [2.45, 2.75) is 76.2 Å². The van der Waals surface area contributed by atoms with Crippen molar-refractivity contribution in [2.75, 3.05) is 0 Å². The topological polar surface area (TPSA) is 103 Å². The van der Waals surface area contributed by atoms with E-state index in [0.717, 1.165) is 19.3 Å². The summed E-state index contributed by atoms with van der Waals surface area (Å²) in [6, 6.07) is 14.5. The van der Waals surface area contributed by atoms with Crippen molar-refractivity contribution < 1.29 is 9.72 Å². The Morgan fingerprint density at radius 2 is 1.74 bits per heavy atom. The lowest BCUT2D eigenvalue weighted by Gasteiger charge is -2.11. The zero-order valence-electron chi connectivity index (χ0n) is 20.4. The van der Waals surface area contributed by atoms with Gasteiger partial charge in [0.05, 0.1) is 11.5 Å². The molecule has 3 aromatic rings. The van der Waals surface area contributed by atoms with Crippen molar-refractivity contribution in [3.63, 3.8) is 0 Å². The molecule has 1 amide bonds. The van der Waals surface area contributed by atoms with Crippen LogP contribution in [0.3, 0.4) is 0 Å². The molecule has 0 atom stereocenters. The van der Waals surface area contributed by atoms with Crippen LogP contribution in [-0.4, -0.2) is 25.6 Å². The van der Waals surface area contributed by atoms with E-state index in [1.165, 1.54) is 42.5 Å². The molecule has 1 heterocycles. The average Bonchev–Trinajstić information content (AvgIpc) is 3.27. The van der Waals surface area contributed by atoms with E-state index in [1.54, 1.807) is 23.9 Å². The number of hydrogen-bond acceptors (Lipinski definition) is 6. The van der Waals surface area contributed by atoms with Crippen LogP contribution in [0.4, 0.5) is 5.69 Å². The van der Waals surface area contributed by atoms with Gasteiger partial charge in [-0.1, -0.05) is 75.1 Å². The molecule has 9 heteroatoms. The SMILES string of the molecule is CCCCCCCCC(=O)NCc1nnc(SCc2ccccc2C)n1-c1ccc([N+](=O)[O-])cc1. The summed E-state index contributed by atoms with van der Waals surface area (Å²) in [5, 5.41) is 23.4. The highest BCUT2D eigenvalue weighted by atomic mass is 32.2. The van der Waals surface area contributed by atoms with Gasteiger partial charge < -0.3 is 5.32 Å². The van der Waals surface area contributed by atoms with E-state index in [9.17, 15) is 14.9 Å². The van der Waals surface area contributed by atoms with Crippen LogP contribution in [0.5, 0.6) is 0 Å². The van der Waals surface area contributed by atoms with Crippen molar-refractivity contribution in [2.24, 2.45) is 0 Å². The number of thioether (sulfide) groups is 1. The molecule has 0 spiro atoms. The molecule has 2 aromatic carbocycles. The molecule has 0 saturated heterocycles. The summed E-state index contributed by atoms with van der Waals surface area (Å²) in [4.78, 5) is 23.0. The summed E-state index contributed by atoms with van der Waals surface area (Å²) in [5.74, 6) is 1.29. The van der Waals surface area contributed by atoms with Crippen LogP contribution < -0.4 is 5.32 Å². The van der Waals surface area contributed by atoms with Crippen LogP contribution in [0, 0.1) is 17.0 Å². The molecule has 35 heavy (non-hydrogen) atoms. The van der Waals surface area contributed by atoms with E-state index >= 15 is 0 Å². The molecule has 186 valence electrons. The molecule has 0 aliphatic rings. The zero-order chi connectivity index (χ0) is 25.0. The van der Waals surface area contributed by atoms with E-state index in [1.807, 2.05) is 16.7 Å². The number of carbonyl (C=O) groups excluding carboxylic acids is 1. The molecule has 0 fully saturated rings. The van der Waals surface area contributed by atoms with Gasteiger partial charge in [-0.25, -0.2) is 0 Å². The fourth-order valence-corrected chi connectivity index (χ4v) is 4.78. The second-order valence-electron chi connectivity index (χ2n) is 8.52. The molecule has 0 bridgehead atoms. The molecular formula is C26H33N5O3S. The van der Waals surface area contributed by atoms with Gasteiger partial charge in [0.1, 0.15) is 0 Å². The minimum atomic E-state index is -0.423. The number of aromatic nitrogens is 3. The third-order valence-corrected chi connectivity index (χ3v) is 6.82. The number of non-ortho nitro benzene ring substituents is 1. The summed E-state index contributed by atoms with van der Waals surface area (Å²) in [7, 11) is 0. The fourth-order valence-electron chi connectivity index (χ4n) is 3.74. The highest BCUT2D eigenvalue weighted by Crippen LogP contribution is 2.27.